The first-order valence-corrected chi connectivity index (χ1v) is 8.01. The second kappa shape index (κ2) is 8.00. The minimum Gasteiger partial charge on any atom is -0.381 e. The van der Waals surface area contributed by atoms with Crippen molar-refractivity contribution >= 4 is 10.0 Å². The minimum absolute atomic E-state index is 0.111. The average molecular weight is 296 g/mol. The van der Waals surface area contributed by atoms with Crippen LogP contribution in [-0.2, 0) is 14.8 Å². The summed E-state index contributed by atoms with van der Waals surface area (Å²) in [5.41, 5.74) is 0.327. The fourth-order valence-electron chi connectivity index (χ4n) is 1.52. The quantitative estimate of drug-likeness (QED) is 0.743. The van der Waals surface area contributed by atoms with Crippen LogP contribution in [0.1, 0.15) is 25.8 Å². The van der Waals surface area contributed by atoms with E-state index in [1.807, 2.05) is 6.07 Å². The number of hydrogen-bond donors (Lipinski definition) is 1. The van der Waals surface area contributed by atoms with Crippen LogP contribution in [0.15, 0.2) is 29.2 Å². The number of ether oxygens (including phenoxy) is 1. The molecule has 1 rings (SSSR count). The summed E-state index contributed by atoms with van der Waals surface area (Å²) in [6.45, 7) is 5.64. The van der Waals surface area contributed by atoms with Gasteiger partial charge in [0, 0.05) is 19.8 Å². The van der Waals surface area contributed by atoms with Crippen molar-refractivity contribution < 1.29 is 13.2 Å². The number of sulfonamides is 1. The fourth-order valence-corrected chi connectivity index (χ4v) is 2.64. The second-order valence-corrected chi connectivity index (χ2v) is 6.63. The molecule has 0 saturated heterocycles. The van der Waals surface area contributed by atoms with E-state index in [4.69, 9.17) is 10.00 Å². The molecule has 1 aromatic rings. The van der Waals surface area contributed by atoms with E-state index >= 15 is 0 Å². The van der Waals surface area contributed by atoms with Gasteiger partial charge in [-0.15, -0.1) is 0 Å². The average Bonchev–Trinajstić information content (AvgIpc) is 2.42. The lowest BCUT2D eigenvalue weighted by Crippen LogP contribution is -2.25. The lowest BCUT2D eigenvalue weighted by molar-refractivity contribution is 0.108. The zero-order valence-corrected chi connectivity index (χ0v) is 12.6. The van der Waals surface area contributed by atoms with Crippen molar-refractivity contribution in [3.63, 3.8) is 0 Å². The highest BCUT2D eigenvalue weighted by molar-refractivity contribution is 7.89. The molecule has 0 atom stereocenters. The summed E-state index contributed by atoms with van der Waals surface area (Å²) in [6.07, 6.45) is 0.615. The first-order chi connectivity index (χ1) is 9.45. The van der Waals surface area contributed by atoms with E-state index in [0.29, 0.717) is 37.7 Å². The van der Waals surface area contributed by atoms with Crippen LogP contribution < -0.4 is 4.72 Å². The van der Waals surface area contributed by atoms with Gasteiger partial charge in [0.2, 0.25) is 10.0 Å². The summed E-state index contributed by atoms with van der Waals surface area (Å²) < 4.78 is 31.8. The summed E-state index contributed by atoms with van der Waals surface area (Å²) in [5, 5.41) is 8.76. The summed E-state index contributed by atoms with van der Waals surface area (Å²) in [6, 6.07) is 7.87. The van der Waals surface area contributed by atoms with Gasteiger partial charge in [-0.1, -0.05) is 19.9 Å². The van der Waals surface area contributed by atoms with Gasteiger partial charge in [-0.2, -0.15) is 5.26 Å². The Balaban J connectivity index is 2.44. The first-order valence-electron chi connectivity index (χ1n) is 6.53. The second-order valence-electron chi connectivity index (χ2n) is 4.86. The third-order valence-corrected chi connectivity index (χ3v) is 3.94. The van der Waals surface area contributed by atoms with Gasteiger partial charge in [-0.25, -0.2) is 13.1 Å². The van der Waals surface area contributed by atoms with Crippen molar-refractivity contribution in [1.29, 1.82) is 5.26 Å². The number of nitriles is 1. The molecule has 0 aliphatic carbocycles. The summed E-state index contributed by atoms with van der Waals surface area (Å²) in [7, 11) is -3.55. The van der Waals surface area contributed by atoms with Crippen LogP contribution in [0.2, 0.25) is 0 Å². The van der Waals surface area contributed by atoms with Gasteiger partial charge in [-0.05, 0) is 30.5 Å². The van der Waals surface area contributed by atoms with Crippen LogP contribution in [0, 0.1) is 17.2 Å². The fraction of sp³-hybridized carbons (Fsp3) is 0.500. The maximum Gasteiger partial charge on any atom is 0.240 e. The number of nitrogens with one attached hydrogen (secondary N) is 1. The molecule has 110 valence electrons. The standard InChI is InChI=1S/C14H20N2O3S/c1-12(2)11-19-8-4-7-16-20(17,18)14-6-3-5-13(9-14)10-15/h3,5-6,9,12,16H,4,7-8,11H2,1-2H3. The highest BCUT2D eigenvalue weighted by atomic mass is 32.2. The maximum atomic E-state index is 12.0. The van der Waals surface area contributed by atoms with Crippen LogP contribution in [-0.4, -0.2) is 28.2 Å². The predicted molar refractivity (Wildman–Crippen MR) is 76.6 cm³/mol. The van der Waals surface area contributed by atoms with Gasteiger partial charge in [-0.3, -0.25) is 0 Å². The van der Waals surface area contributed by atoms with E-state index in [-0.39, 0.29) is 4.90 Å². The van der Waals surface area contributed by atoms with Crippen molar-refractivity contribution in [3.8, 4) is 6.07 Å². The van der Waals surface area contributed by atoms with E-state index < -0.39 is 10.0 Å². The van der Waals surface area contributed by atoms with Crippen LogP contribution in [0.25, 0.3) is 0 Å². The van der Waals surface area contributed by atoms with Gasteiger partial charge in [0.05, 0.1) is 16.5 Å². The molecule has 6 heteroatoms. The molecule has 20 heavy (non-hydrogen) atoms. The smallest absolute Gasteiger partial charge is 0.240 e. The lowest BCUT2D eigenvalue weighted by Gasteiger charge is -2.08. The molecule has 0 fully saturated rings. The zero-order valence-electron chi connectivity index (χ0n) is 11.8. The summed E-state index contributed by atoms with van der Waals surface area (Å²) in [5.74, 6) is 0.473. The first kappa shape index (κ1) is 16.6. The molecular weight excluding hydrogens is 276 g/mol. The molecule has 0 radical (unpaired) electrons. The number of nitrogens with zero attached hydrogens (tertiary/aromatic N) is 1. The Bertz CT molecular complexity index is 562. The molecule has 0 spiro atoms. The van der Waals surface area contributed by atoms with Gasteiger partial charge < -0.3 is 4.74 Å². The van der Waals surface area contributed by atoms with Gasteiger partial charge in [0.15, 0.2) is 0 Å². The third kappa shape index (κ3) is 5.70. The van der Waals surface area contributed by atoms with Crippen LogP contribution in [0.4, 0.5) is 0 Å². The van der Waals surface area contributed by atoms with Crippen LogP contribution in [0.3, 0.4) is 0 Å². The van der Waals surface area contributed by atoms with E-state index in [2.05, 4.69) is 18.6 Å². The molecule has 0 aliphatic heterocycles. The topological polar surface area (TPSA) is 79.2 Å². The van der Waals surface area contributed by atoms with Crippen molar-refractivity contribution in [1.82, 2.24) is 4.72 Å². The lowest BCUT2D eigenvalue weighted by atomic mass is 10.2. The van der Waals surface area contributed by atoms with Crippen molar-refractivity contribution in [2.24, 2.45) is 5.92 Å². The van der Waals surface area contributed by atoms with Crippen molar-refractivity contribution in [3.05, 3.63) is 29.8 Å². The molecule has 0 unspecified atom stereocenters. The molecular formula is C14H20N2O3S. The molecule has 0 aliphatic rings. The summed E-state index contributed by atoms with van der Waals surface area (Å²) >= 11 is 0. The Morgan fingerprint density at radius 2 is 2.15 bits per heavy atom. The molecule has 0 aromatic heterocycles. The van der Waals surface area contributed by atoms with Gasteiger partial charge >= 0.3 is 0 Å². The van der Waals surface area contributed by atoms with E-state index in [1.54, 1.807) is 12.1 Å². The molecule has 0 saturated carbocycles. The molecule has 5 nitrogen and oxygen atoms in total. The summed E-state index contributed by atoms with van der Waals surface area (Å²) in [4.78, 5) is 0.111. The highest BCUT2D eigenvalue weighted by Crippen LogP contribution is 2.10. The van der Waals surface area contributed by atoms with Crippen LogP contribution in [0.5, 0.6) is 0 Å². The Morgan fingerprint density at radius 1 is 1.40 bits per heavy atom. The highest BCUT2D eigenvalue weighted by Gasteiger charge is 2.13. The molecule has 0 heterocycles. The van der Waals surface area contributed by atoms with Gasteiger partial charge in [0.1, 0.15) is 0 Å². The number of hydrogen-bond acceptors (Lipinski definition) is 4. The number of benzene rings is 1. The van der Waals surface area contributed by atoms with Crippen molar-refractivity contribution in [2.75, 3.05) is 19.8 Å². The molecule has 1 aromatic carbocycles. The Hall–Kier alpha value is -1.42. The Labute approximate surface area is 120 Å². The number of rotatable bonds is 8. The maximum absolute atomic E-state index is 12.0. The normalized spacial score (nSPS) is 11.5. The SMILES string of the molecule is CC(C)COCCCNS(=O)(=O)c1cccc(C#N)c1. The Morgan fingerprint density at radius 3 is 2.80 bits per heavy atom. The van der Waals surface area contributed by atoms with E-state index in [0.717, 1.165) is 0 Å². The minimum atomic E-state index is -3.55. The largest absolute Gasteiger partial charge is 0.381 e. The van der Waals surface area contributed by atoms with E-state index in [1.165, 1.54) is 12.1 Å². The van der Waals surface area contributed by atoms with Crippen LogP contribution >= 0.6 is 0 Å². The molecule has 0 amide bonds. The molecule has 1 N–H and O–H groups in total. The van der Waals surface area contributed by atoms with Crippen molar-refractivity contribution in [2.45, 2.75) is 25.2 Å². The van der Waals surface area contributed by atoms with E-state index in [9.17, 15) is 8.42 Å². The molecule has 0 bridgehead atoms. The third-order valence-electron chi connectivity index (χ3n) is 2.48. The monoisotopic (exact) mass is 296 g/mol. The van der Waals surface area contributed by atoms with Gasteiger partial charge in [0.25, 0.3) is 0 Å². The zero-order chi connectivity index (χ0) is 15.0. The predicted octanol–water partition coefficient (Wildman–Crippen LogP) is 1.90. The Kier molecular flexibility index (Phi) is 6.65.